The number of carboxylic acid groups (broad SMARTS) is 1. The highest BCUT2D eigenvalue weighted by atomic mass is 16.4. The summed E-state index contributed by atoms with van der Waals surface area (Å²) in [6.45, 7) is 1.27. The van der Waals surface area contributed by atoms with Crippen LogP contribution in [0, 0.1) is 0 Å². The van der Waals surface area contributed by atoms with Crippen LogP contribution >= 0.6 is 0 Å². The van der Waals surface area contributed by atoms with Gasteiger partial charge in [-0.05, 0) is 6.92 Å². The van der Waals surface area contributed by atoms with E-state index in [0.717, 1.165) is 0 Å². The van der Waals surface area contributed by atoms with E-state index in [2.05, 4.69) is 0 Å². The van der Waals surface area contributed by atoms with Crippen molar-refractivity contribution in [2.45, 2.75) is 31.3 Å². The average molecular weight is 205 g/mol. The van der Waals surface area contributed by atoms with Gasteiger partial charge in [-0.25, -0.2) is 9.69 Å². The van der Waals surface area contributed by atoms with Gasteiger partial charge in [0.1, 0.15) is 12.2 Å². The van der Waals surface area contributed by atoms with Crippen LogP contribution in [-0.4, -0.2) is 61.7 Å². The van der Waals surface area contributed by atoms with E-state index in [1.54, 1.807) is 0 Å². The summed E-state index contributed by atoms with van der Waals surface area (Å²) in [4.78, 5) is 22.0. The van der Waals surface area contributed by atoms with Gasteiger partial charge in [-0.1, -0.05) is 0 Å². The lowest BCUT2D eigenvalue weighted by atomic mass is 9.95. The van der Waals surface area contributed by atoms with Crippen molar-refractivity contribution in [1.82, 2.24) is 4.90 Å². The zero-order valence-electron chi connectivity index (χ0n) is 7.36. The van der Waals surface area contributed by atoms with E-state index >= 15 is 0 Å². The number of imide groups is 1. The van der Waals surface area contributed by atoms with Crippen LogP contribution in [0.4, 0.5) is 4.79 Å². The van der Waals surface area contributed by atoms with Crippen LogP contribution in [0.15, 0.2) is 0 Å². The fraction of sp³-hybridized carbons (Fsp3) is 0.714. The van der Waals surface area contributed by atoms with Gasteiger partial charge < -0.3 is 20.4 Å². The summed E-state index contributed by atoms with van der Waals surface area (Å²) in [7, 11) is 0. The summed E-state index contributed by atoms with van der Waals surface area (Å²) in [5, 5.41) is 36.1. The number of carbonyl (C=O) groups excluding carboxylic acids is 1. The van der Waals surface area contributed by atoms with Crippen molar-refractivity contribution in [2.75, 3.05) is 0 Å². The standard InChI is InChI=1S/C7H11NO6/c1-2-3(9)4(10)5(11)6(12)8(2)7(13)14/h2-5,9-11H,1H3,(H,13,14)/t2-,3+,4-,5+/m0/s1. The highest BCUT2D eigenvalue weighted by molar-refractivity contribution is 5.95. The molecule has 4 atom stereocenters. The Morgan fingerprint density at radius 3 is 2.21 bits per heavy atom. The summed E-state index contributed by atoms with van der Waals surface area (Å²) in [6, 6.07) is -1.07. The van der Waals surface area contributed by atoms with Crippen molar-refractivity contribution >= 4 is 12.0 Å². The number of aliphatic hydroxyl groups is 3. The lowest BCUT2D eigenvalue weighted by Gasteiger charge is -2.38. The van der Waals surface area contributed by atoms with Crippen molar-refractivity contribution in [3.05, 3.63) is 0 Å². The zero-order chi connectivity index (χ0) is 11.0. The number of rotatable bonds is 0. The maximum Gasteiger partial charge on any atom is 0.414 e. The summed E-state index contributed by atoms with van der Waals surface area (Å²) in [5.41, 5.74) is 0. The number of hydrogen-bond donors (Lipinski definition) is 4. The Hall–Kier alpha value is -1.18. The SMILES string of the molecule is C[C@H]1[C@@H](O)[C@H](O)[C@@H](O)C(=O)N1C(=O)O. The maximum atomic E-state index is 11.2. The molecule has 1 aliphatic heterocycles. The average Bonchev–Trinajstić information content (AvgIpc) is 2.11. The minimum atomic E-state index is -1.89. The molecule has 7 nitrogen and oxygen atoms in total. The summed E-state index contributed by atoms with van der Waals surface area (Å²) >= 11 is 0. The molecule has 0 aromatic carbocycles. The molecule has 7 heteroatoms. The first kappa shape index (κ1) is 10.9. The summed E-state index contributed by atoms with van der Waals surface area (Å²) in [6.07, 6.45) is -6.57. The van der Waals surface area contributed by atoms with E-state index in [0.29, 0.717) is 4.90 Å². The van der Waals surface area contributed by atoms with E-state index in [1.807, 2.05) is 0 Å². The quantitative estimate of drug-likeness (QED) is 0.362. The van der Waals surface area contributed by atoms with Gasteiger partial charge in [-0.2, -0.15) is 0 Å². The van der Waals surface area contributed by atoms with Gasteiger partial charge in [0.2, 0.25) is 0 Å². The number of likely N-dealkylation sites (tertiary alicyclic amines) is 1. The van der Waals surface area contributed by atoms with Crippen molar-refractivity contribution < 1.29 is 30.0 Å². The monoisotopic (exact) mass is 205 g/mol. The molecule has 1 heterocycles. The highest BCUT2D eigenvalue weighted by Gasteiger charge is 2.47. The molecule has 0 bridgehead atoms. The van der Waals surface area contributed by atoms with Crippen LogP contribution in [0.25, 0.3) is 0 Å². The van der Waals surface area contributed by atoms with Crippen LogP contribution in [-0.2, 0) is 4.79 Å². The largest absolute Gasteiger partial charge is 0.465 e. The van der Waals surface area contributed by atoms with Gasteiger partial charge in [0.15, 0.2) is 6.10 Å². The van der Waals surface area contributed by atoms with E-state index in [-0.39, 0.29) is 0 Å². The molecule has 1 fully saturated rings. The molecule has 1 saturated heterocycles. The molecule has 1 rings (SSSR count). The van der Waals surface area contributed by atoms with Gasteiger partial charge in [-0.3, -0.25) is 4.79 Å². The van der Waals surface area contributed by atoms with Crippen LogP contribution < -0.4 is 0 Å². The van der Waals surface area contributed by atoms with E-state index in [4.69, 9.17) is 15.3 Å². The number of carbonyl (C=O) groups is 2. The molecule has 0 aromatic heterocycles. The maximum absolute atomic E-state index is 11.2. The smallest absolute Gasteiger partial charge is 0.414 e. The Labute approximate surface area is 79.2 Å². The normalized spacial score (nSPS) is 38.6. The lowest BCUT2D eigenvalue weighted by molar-refractivity contribution is -0.169. The molecule has 0 aliphatic carbocycles. The third-order valence-corrected chi connectivity index (χ3v) is 2.27. The summed E-state index contributed by atoms with van der Waals surface area (Å²) < 4.78 is 0. The van der Waals surface area contributed by atoms with E-state index in [1.165, 1.54) is 6.92 Å². The Kier molecular flexibility index (Phi) is 2.74. The molecule has 0 saturated carbocycles. The third kappa shape index (κ3) is 1.45. The van der Waals surface area contributed by atoms with Gasteiger partial charge in [0.05, 0.1) is 6.04 Å². The van der Waals surface area contributed by atoms with E-state index < -0.39 is 36.4 Å². The van der Waals surface area contributed by atoms with Crippen molar-refractivity contribution in [3.63, 3.8) is 0 Å². The second-order valence-corrected chi connectivity index (χ2v) is 3.16. The second kappa shape index (κ2) is 3.52. The van der Waals surface area contributed by atoms with Gasteiger partial charge >= 0.3 is 6.09 Å². The molecule has 1 aliphatic rings. The first-order chi connectivity index (χ1) is 6.37. The number of nitrogens with zero attached hydrogens (tertiary/aromatic N) is 1. The first-order valence-electron chi connectivity index (χ1n) is 3.98. The molecule has 0 radical (unpaired) electrons. The molecule has 14 heavy (non-hydrogen) atoms. The predicted octanol–water partition coefficient (Wildman–Crippen LogP) is -2.02. The van der Waals surface area contributed by atoms with Crippen LogP contribution in [0.1, 0.15) is 6.92 Å². The Balaban J connectivity index is 2.98. The molecular weight excluding hydrogens is 194 g/mol. The van der Waals surface area contributed by atoms with Crippen molar-refractivity contribution in [3.8, 4) is 0 Å². The number of hydrogen-bond acceptors (Lipinski definition) is 5. The predicted molar refractivity (Wildman–Crippen MR) is 42.4 cm³/mol. The van der Waals surface area contributed by atoms with Crippen molar-refractivity contribution in [1.29, 1.82) is 0 Å². The fourth-order valence-electron chi connectivity index (χ4n) is 1.38. The van der Waals surface area contributed by atoms with Crippen LogP contribution in [0.2, 0.25) is 0 Å². The van der Waals surface area contributed by atoms with Gasteiger partial charge in [0, 0.05) is 0 Å². The van der Waals surface area contributed by atoms with Gasteiger partial charge in [-0.15, -0.1) is 0 Å². The van der Waals surface area contributed by atoms with Gasteiger partial charge in [0.25, 0.3) is 5.91 Å². The lowest BCUT2D eigenvalue weighted by Crippen LogP contribution is -2.64. The first-order valence-corrected chi connectivity index (χ1v) is 3.98. The Bertz CT molecular complexity index is 267. The number of piperidine rings is 1. The molecule has 4 N–H and O–H groups in total. The van der Waals surface area contributed by atoms with Crippen molar-refractivity contribution in [2.24, 2.45) is 0 Å². The minimum absolute atomic E-state index is 0.308. The molecule has 0 spiro atoms. The number of aliphatic hydroxyl groups excluding tert-OH is 3. The molecule has 2 amide bonds. The van der Waals surface area contributed by atoms with Crippen LogP contribution in [0.3, 0.4) is 0 Å². The number of amides is 2. The molecule has 80 valence electrons. The summed E-state index contributed by atoms with van der Waals surface area (Å²) in [5.74, 6) is -1.12. The second-order valence-electron chi connectivity index (χ2n) is 3.16. The molecule has 0 unspecified atom stereocenters. The third-order valence-electron chi connectivity index (χ3n) is 2.27. The topological polar surface area (TPSA) is 118 Å². The Morgan fingerprint density at radius 1 is 1.29 bits per heavy atom. The Morgan fingerprint density at radius 2 is 1.79 bits per heavy atom. The zero-order valence-corrected chi connectivity index (χ0v) is 7.36. The highest BCUT2D eigenvalue weighted by Crippen LogP contribution is 2.19. The fourth-order valence-corrected chi connectivity index (χ4v) is 1.38. The molecular formula is C7H11NO6. The van der Waals surface area contributed by atoms with E-state index in [9.17, 15) is 14.7 Å². The van der Waals surface area contributed by atoms with Crippen LogP contribution in [0.5, 0.6) is 0 Å². The minimum Gasteiger partial charge on any atom is -0.465 e. The molecule has 0 aromatic rings.